The third-order valence-corrected chi connectivity index (χ3v) is 2.64. The van der Waals surface area contributed by atoms with Crippen LogP contribution in [0.4, 0.5) is 0 Å². The molecule has 0 atom stereocenters. The zero-order valence-corrected chi connectivity index (χ0v) is 9.39. The maximum Gasteiger partial charge on any atom is 0.0979 e. The minimum absolute atomic E-state index is 0.551. The smallest absolute Gasteiger partial charge is 0.0979 e. The summed E-state index contributed by atoms with van der Waals surface area (Å²) in [6, 6.07) is 0. The van der Waals surface area contributed by atoms with Crippen molar-refractivity contribution in [3.63, 3.8) is 0 Å². The summed E-state index contributed by atoms with van der Waals surface area (Å²) < 4.78 is 5.82. The molecule has 0 aromatic carbocycles. The molecular formula is C12H22O. The van der Waals surface area contributed by atoms with E-state index in [2.05, 4.69) is 27.7 Å². The van der Waals surface area contributed by atoms with E-state index in [1.54, 1.807) is 5.57 Å². The Hall–Kier alpha value is -0.460. The van der Waals surface area contributed by atoms with Crippen LogP contribution >= 0.6 is 0 Å². The Morgan fingerprint density at radius 3 is 2.23 bits per heavy atom. The summed E-state index contributed by atoms with van der Waals surface area (Å²) in [5.74, 6) is 2.47. The molecule has 0 unspecified atom stereocenters. The van der Waals surface area contributed by atoms with Crippen molar-refractivity contribution in [2.45, 2.75) is 47.0 Å². The van der Waals surface area contributed by atoms with E-state index in [0.717, 1.165) is 6.61 Å². The molecule has 13 heavy (non-hydrogen) atoms. The second-order valence-corrected chi connectivity index (χ2v) is 4.50. The maximum absolute atomic E-state index is 5.82. The van der Waals surface area contributed by atoms with Gasteiger partial charge in [-0.25, -0.2) is 0 Å². The topological polar surface area (TPSA) is 9.23 Å². The molecule has 0 fully saturated rings. The lowest BCUT2D eigenvalue weighted by Crippen LogP contribution is -2.06. The second kappa shape index (κ2) is 4.69. The minimum atomic E-state index is 0.551. The quantitative estimate of drug-likeness (QED) is 0.632. The molecule has 1 heterocycles. The van der Waals surface area contributed by atoms with Crippen LogP contribution in [0.1, 0.15) is 47.0 Å². The van der Waals surface area contributed by atoms with Crippen molar-refractivity contribution in [1.29, 1.82) is 0 Å². The van der Waals surface area contributed by atoms with Gasteiger partial charge in [0.2, 0.25) is 0 Å². The number of hydrogen-bond acceptors (Lipinski definition) is 1. The summed E-state index contributed by atoms with van der Waals surface area (Å²) in [5.41, 5.74) is 1.55. The molecule has 1 aliphatic heterocycles. The van der Waals surface area contributed by atoms with Gasteiger partial charge in [-0.05, 0) is 30.8 Å². The van der Waals surface area contributed by atoms with E-state index in [4.69, 9.17) is 4.74 Å². The first-order valence-corrected chi connectivity index (χ1v) is 5.48. The van der Waals surface area contributed by atoms with Crippen LogP contribution in [-0.2, 0) is 4.74 Å². The first-order chi connectivity index (χ1) is 6.13. The van der Waals surface area contributed by atoms with E-state index in [1.807, 2.05) is 0 Å². The second-order valence-electron chi connectivity index (χ2n) is 4.50. The molecule has 1 aliphatic rings. The Bertz CT molecular complexity index is 169. The van der Waals surface area contributed by atoms with Gasteiger partial charge in [0.25, 0.3) is 0 Å². The Balaban J connectivity index is 2.85. The first kappa shape index (κ1) is 10.6. The highest BCUT2D eigenvalue weighted by Gasteiger charge is 2.17. The highest BCUT2D eigenvalue weighted by molar-refractivity contribution is 5.13. The SMILES string of the molecule is CC(C)C1=C(C(C)C)OCCCC1. The van der Waals surface area contributed by atoms with Crippen LogP contribution in [-0.4, -0.2) is 6.61 Å². The largest absolute Gasteiger partial charge is 0.498 e. The molecular weight excluding hydrogens is 160 g/mol. The van der Waals surface area contributed by atoms with Crippen molar-refractivity contribution < 1.29 is 4.74 Å². The Morgan fingerprint density at radius 1 is 1.00 bits per heavy atom. The highest BCUT2D eigenvalue weighted by atomic mass is 16.5. The van der Waals surface area contributed by atoms with Crippen molar-refractivity contribution in [1.82, 2.24) is 0 Å². The third-order valence-electron chi connectivity index (χ3n) is 2.64. The Kier molecular flexibility index (Phi) is 3.83. The zero-order valence-electron chi connectivity index (χ0n) is 9.39. The predicted molar refractivity (Wildman–Crippen MR) is 56.5 cm³/mol. The monoisotopic (exact) mass is 182 g/mol. The van der Waals surface area contributed by atoms with E-state index in [1.165, 1.54) is 25.0 Å². The summed E-state index contributed by atoms with van der Waals surface area (Å²) in [5, 5.41) is 0. The summed E-state index contributed by atoms with van der Waals surface area (Å²) in [6.45, 7) is 9.91. The standard InChI is InChI=1S/C12H22O/c1-9(2)11-7-5-6-8-13-12(11)10(3)4/h9-10H,5-8H2,1-4H3. The van der Waals surface area contributed by atoms with Gasteiger partial charge in [0.05, 0.1) is 12.4 Å². The summed E-state index contributed by atoms with van der Waals surface area (Å²) in [6.07, 6.45) is 3.75. The average molecular weight is 182 g/mol. The molecule has 0 amide bonds. The van der Waals surface area contributed by atoms with Crippen LogP contribution in [0.2, 0.25) is 0 Å². The first-order valence-electron chi connectivity index (χ1n) is 5.48. The lowest BCUT2D eigenvalue weighted by atomic mass is 9.93. The van der Waals surface area contributed by atoms with Crippen LogP contribution < -0.4 is 0 Å². The van der Waals surface area contributed by atoms with Crippen molar-refractivity contribution in [2.24, 2.45) is 11.8 Å². The summed E-state index contributed by atoms with van der Waals surface area (Å²) >= 11 is 0. The molecule has 0 N–H and O–H groups in total. The van der Waals surface area contributed by atoms with Gasteiger partial charge in [0.1, 0.15) is 0 Å². The fourth-order valence-electron chi connectivity index (χ4n) is 1.93. The fraction of sp³-hybridized carbons (Fsp3) is 0.833. The van der Waals surface area contributed by atoms with Crippen molar-refractivity contribution in [3.8, 4) is 0 Å². The molecule has 1 heteroatoms. The molecule has 1 nitrogen and oxygen atoms in total. The van der Waals surface area contributed by atoms with Gasteiger partial charge in [-0.3, -0.25) is 0 Å². The van der Waals surface area contributed by atoms with Gasteiger partial charge < -0.3 is 4.74 Å². The molecule has 0 saturated heterocycles. The van der Waals surface area contributed by atoms with Crippen LogP contribution in [0.15, 0.2) is 11.3 Å². The van der Waals surface area contributed by atoms with Gasteiger partial charge in [-0.2, -0.15) is 0 Å². The van der Waals surface area contributed by atoms with E-state index in [0.29, 0.717) is 11.8 Å². The molecule has 0 aromatic rings. The van der Waals surface area contributed by atoms with Crippen LogP contribution in [0.25, 0.3) is 0 Å². The lowest BCUT2D eigenvalue weighted by molar-refractivity contribution is 0.183. The van der Waals surface area contributed by atoms with Crippen molar-refractivity contribution >= 4 is 0 Å². The Morgan fingerprint density at radius 2 is 1.69 bits per heavy atom. The van der Waals surface area contributed by atoms with Crippen LogP contribution in [0.5, 0.6) is 0 Å². The number of rotatable bonds is 2. The maximum atomic E-state index is 5.82. The predicted octanol–water partition coefficient (Wildman–Crippen LogP) is 3.75. The number of allylic oxidation sites excluding steroid dienone is 2. The molecule has 1 rings (SSSR count). The molecule has 0 saturated carbocycles. The van der Waals surface area contributed by atoms with E-state index >= 15 is 0 Å². The molecule has 0 aliphatic carbocycles. The number of hydrogen-bond donors (Lipinski definition) is 0. The zero-order chi connectivity index (χ0) is 9.84. The van der Waals surface area contributed by atoms with Gasteiger partial charge in [-0.1, -0.05) is 27.7 Å². The van der Waals surface area contributed by atoms with Gasteiger partial charge in [0, 0.05) is 5.92 Å². The molecule has 76 valence electrons. The normalized spacial score (nSPS) is 19.2. The average Bonchev–Trinajstić information content (AvgIpc) is 2.27. The molecule has 0 aromatic heterocycles. The summed E-state index contributed by atoms with van der Waals surface area (Å²) in [4.78, 5) is 0. The number of ether oxygens (including phenoxy) is 1. The fourth-order valence-corrected chi connectivity index (χ4v) is 1.93. The van der Waals surface area contributed by atoms with Gasteiger partial charge in [-0.15, -0.1) is 0 Å². The van der Waals surface area contributed by atoms with Gasteiger partial charge in [0.15, 0.2) is 0 Å². The molecule has 0 spiro atoms. The molecule has 0 bridgehead atoms. The van der Waals surface area contributed by atoms with Crippen LogP contribution in [0.3, 0.4) is 0 Å². The highest BCUT2D eigenvalue weighted by Crippen LogP contribution is 2.29. The van der Waals surface area contributed by atoms with E-state index in [9.17, 15) is 0 Å². The minimum Gasteiger partial charge on any atom is -0.498 e. The lowest BCUT2D eigenvalue weighted by Gasteiger charge is -2.18. The molecule has 0 radical (unpaired) electrons. The van der Waals surface area contributed by atoms with Crippen LogP contribution in [0, 0.1) is 11.8 Å². The van der Waals surface area contributed by atoms with Crippen molar-refractivity contribution in [2.75, 3.05) is 6.61 Å². The van der Waals surface area contributed by atoms with E-state index in [-0.39, 0.29) is 0 Å². The third kappa shape index (κ3) is 2.75. The Labute approximate surface area is 82.2 Å². The summed E-state index contributed by atoms with van der Waals surface area (Å²) in [7, 11) is 0. The van der Waals surface area contributed by atoms with Crippen molar-refractivity contribution in [3.05, 3.63) is 11.3 Å². The van der Waals surface area contributed by atoms with E-state index < -0.39 is 0 Å². The van der Waals surface area contributed by atoms with Gasteiger partial charge >= 0.3 is 0 Å².